The van der Waals surface area contributed by atoms with E-state index in [1.807, 2.05) is 38.1 Å². The molecule has 1 aromatic carbocycles. The lowest BCUT2D eigenvalue weighted by molar-refractivity contribution is -0.139. The molecule has 1 amide bonds. The minimum absolute atomic E-state index is 0.0579. The zero-order valence-corrected chi connectivity index (χ0v) is 12.5. The minimum Gasteiger partial charge on any atom is -0.480 e. The molecular weight excluding hydrogens is 276 g/mol. The lowest BCUT2D eigenvalue weighted by Gasteiger charge is -2.20. The standard InChI is InChI=1S/C14H18N2O3S/c1-8(17)15-10-6-4-9(5-7-10)12-16-11(13(18)19)14(2,3)20-12/h4-7,11-12,16H,1-3H3,(H,15,17)(H,18,19)/t11-,12+/m1/s1. The second kappa shape index (κ2) is 5.46. The summed E-state index contributed by atoms with van der Waals surface area (Å²) in [4.78, 5) is 22.2. The van der Waals surface area contributed by atoms with Crippen LogP contribution in [0.15, 0.2) is 24.3 Å². The van der Waals surface area contributed by atoms with Crippen LogP contribution < -0.4 is 10.6 Å². The van der Waals surface area contributed by atoms with Crippen LogP contribution in [-0.4, -0.2) is 27.8 Å². The zero-order valence-electron chi connectivity index (χ0n) is 11.6. The number of carbonyl (C=O) groups excluding carboxylic acids is 1. The summed E-state index contributed by atoms with van der Waals surface area (Å²) < 4.78 is -0.368. The van der Waals surface area contributed by atoms with Crippen LogP contribution in [0.3, 0.4) is 0 Å². The predicted molar refractivity (Wildman–Crippen MR) is 79.7 cm³/mol. The molecule has 2 rings (SSSR count). The fraction of sp³-hybridized carbons (Fsp3) is 0.429. The Balaban J connectivity index is 2.13. The summed E-state index contributed by atoms with van der Waals surface area (Å²) in [5.74, 6) is -0.946. The summed E-state index contributed by atoms with van der Waals surface area (Å²) in [6, 6.07) is 6.86. The van der Waals surface area contributed by atoms with Crippen molar-refractivity contribution < 1.29 is 14.7 Å². The molecule has 1 aliphatic heterocycles. The summed E-state index contributed by atoms with van der Waals surface area (Å²) in [6.45, 7) is 5.31. The van der Waals surface area contributed by atoms with E-state index in [1.54, 1.807) is 11.8 Å². The Morgan fingerprint density at radius 3 is 2.35 bits per heavy atom. The Morgan fingerprint density at radius 1 is 1.30 bits per heavy atom. The van der Waals surface area contributed by atoms with E-state index in [0.29, 0.717) is 0 Å². The molecule has 3 N–H and O–H groups in total. The lowest BCUT2D eigenvalue weighted by atomic mass is 10.0. The van der Waals surface area contributed by atoms with Crippen LogP contribution in [-0.2, 0) is 9.59 Å². The first-order chi connectivity index (χ1) is 9.29. The SMILES string of the molecule is CC(=O)Nc1ccc([C@H]2N[C@H](C(=O)O)C(C)(C)S2)cc1. The molecule has 1 heterocycles. The number of carboxylic acids is 1. The molecule has 1 saturated heterocycles. The van der Waals surface area contributed by atoms with Crippen LogP contribution in [0.25, 0.3) is 0 Å². The Hall–Kier alpha value is -1.53. The molecule has 1 aliphatic rings. The normalized spacial score (nSPS) is 24.4. The van der Waals surface area contributed by atoms with E-state index in [1.165, 1.54) is 6.92 Å². The molecule has 0 saturated carbocycles. The number of carbonyl (C=O) groups is 2. The van der Waals surface area contributed by atoms with Gasteiger partial charge in [-0.1, -0.05) is 12.1 Å². The number of anilines is 1. The van der Waals surface area contributed by atoms with Crippen LogP contribution in [0.1, 0.15) is 31.7 Å². The predicted octanol–water partition coefficient (Wildman–Crippen LogP) is 2.21. The lowest BCUT2D eigenvalue weighted by Crippen LogP contribution is -2.43. The van der Waals surface area contributed by atoms with Crippen molar-refractivity contribution in [3.63, 3.8) is 0 Å². The number of carboxylic acid groups (broad SMARTS) is 1. The quantitative estimate of drug-likeness (QED) is 0.796. The highest BCUT2D eigenvalue weighted by molar-refractivity contribution is 8.01. The maximum atomic E-state index is 11.2. The first-order valence-corrected chi connectivity index (χ1v) is 7.22. The van der Waals surface area contributed by atoms with E-state index in [-0.39, 0.29) is 16.0 Å². The Morgan fingerprint density at radius 2 is 1.90 bits per heavy atom. The van der Waals surface area contributed by atoms with Crippen molar-refractivity contribution in [1.29, 1.82) is 0 Å². The summed E-state index contributed by atoms with van der Waals surface area (Å²) in [5, 5.41) is 15.0. The van der Waals surface area contributed by atoms with Crippen LogP contribution in [0, 0.1) is 0 Å². The van der Waals surface area contributed by atoms with Crippen molar-refractivity contribution in [1.82, 2.24) is 5.32 Å². The Bertz CT molecular complexity index is 528. The average molecular weight is 294 g/mol. The van der Waals surface area contributed by atoms with Crippen LogP contribution in [0.2, 0.25) is 0 Å². The van der Waals surface area contributed by atoms with Gasteiger partial charge in [0.05, 0.1) is 5.37 Å². The molecule has 0 spiro atoms. The number of amides is 1. The molecule has 0 unspecified atom stereocenters. The molecular formula is C14H18N2O3S. The molecule has 2 atom stereocenters. The van der Waals surface area contributed by atoms with Gasteiger partial charge in [0.1, 0.15) is 6.04 Å². The Labute approximate surface area is 122 Å². The minimum atomic E-state index is -0.833. The fourth-order valence-electron chi connectivity index (χ4n) is 2.24. The number of benzene rings is 1. The van der Waals surface area contributed by atoms with Gasteiger partial charge in [-0.05, 0) is 31.5 Å². The van der Waals surface area contributed by atoms with E-state index in [0.717, 1.165) is 11.3 Å². The third-order valence-electron chi connectivity index (χ3n) is 3.22. The van der Waals surface area contributed by atoms with E-state index >= 15 is 0 Å². The van der Waals surface area contributed by atoms with Gasteiger partial charge >= 0.3 is 5.97 Å². The molecule has 5 nitrogen and oxygen atoms in total. The van der Waals surface area contributed by atoms with Gasteiger partial charge in [-0.2, -0.15) is 0 Å². The van der Waals surface area contributed by atoms with Gasteiger partial charge in [0.15, 0.2) is 0 Å². The van der Waals surface area contributed by atoms with Crippen LogP contribution in [0.5, 0.6) is 0 Å². The van der Waals surface area contributed by atoms with Crippen molar-refractivity contribution in [3.8, 4) is 0 Å². The summed E-state index contributed by atoms with van der Waals surface area (Å²) in [7, 11) is 0. The van der Waals surface area contributed by atoms with E-state index in [2.05, 4.69) is 10.6 Å². The average Bonchev–Trinajstić information content (AvgIpc) is 2.65. The van der Waals surface area contributed by atoms with Crippen molar-refractivity contribution in [2.75, 3.05) is 5.32 Å². The summed E-state index contributed by atoms with van der Waals surface area (Å²) in [5.41, 5.74) is 1.74. The van der Waals surface area contributed by atoms with Crippen LogP contribution >= 0.6 is 11.8 Å². The molecule has 0 aromatic heterocycles. The topological polar surface area (TPSA) is 78.4 Å². The monoisotopic (exact) mass is 294 g/mol. The fourth-order valence-corrected chi connectivity index (χ4v) is 3.65. The van der Waals surface area contributed by atoms with Gasteiger partial charge in [-0.25, -0.2) is 0 Å². The second-order valence-electron chi connectivity index (χ2n) is 5.34. The maximum Gasteiger partial charge on any atom is 0.322 e. The van der Waals surface area contributed by atoms with Gasteiger partial charge in [-0.3, -0.25) is 14.9 Å². The van der Waals surface area contributed by atoms with Gasteiger partial charge in [0.25, 0.3) is 0 Å². The molecule has 0 bridgehead atoms. The van der Waals surface area contributed by atoms with E-state index in [9.17, 15) is 14.7 Å². The van der Waals surface area contributed by atoms with Gasteiger partial charge in [-0.15, -0.1) is 11.8 Å². The highest BCUT2D eigenvalue weighted by Crippen LogP contribution is 2.45. The number of rotatable bonds is 3. The highest BCUT2D eigenvalue weighted by Gasteiger charge is 2.45. The van der Waals surface area contributed by atoms with E-state index in [4.69, 9.17) is 0 Å². The number of aliphatic carboxylic acids is 1. The van der Waals surface area contributed by atoms with Crippen molar-refractivity contribution >= 4 is 29.3 Å². The maximum absolute atomic E-state index is 11.2. The third-order valence-corrected chi connectivity index (χ3v) is 4.70. The Kier molecular flexibility index (Phi) is 4.06. The van der Waals surface area contributed by atoms with Crippen molar-refractivity contribution in [2.45, 2.75) is 36.9 Å². The first-order valence-electron chi connectivity index (χ1n) is 6.34. The molecule has 0 aliphatic carbocycles. The van der Waals surface area contributed by atoms with Crippen LogP contribution in [0.4, 0.5) is 5.69 Å². The summed E-state index contributed by atoms with van der Waals surface area (Å²) >= 11 is 1.60. The number of hydrogen-bond acceptors (Lipinski definition) is 4. The highest BCUT2D eigenvalue weighted by atomic mass is 32.2. The van der Waals surface area contributed by atoms with Gasteiger partial charge in [0.2, 0.25) is 5.91 Å². The smallest absolute Gasteiger partial charge is 0.322 e. The third kappa shape index (κ3) is 3.13. The van der Waals surface area contributed by atoms with E-state index < -0.39 is 12.0 Å². The molecule has 20 heavy (non-hydrogen) atoms. The first kappa shape index (κ1) is 14.9. The van der Waals surface area contributed by atoms with Gasteiger partial charge < -0.3 is 10.4 Å². The van der Waals surface area contributed by atoms with Gasteiger partial charge in [0, 0.05) is 17.4 Å². The van der Waals surface area contributed by atoms with Crippen molar-refractivity contribution in [3.05, 3.63) is 29.8 Å². The largest absolute Gasteiger partial charge is 0.480 e. The van der Waals surface area contributed by atoms with Crippen molar-refractivity contribution in [2.24, 2.45) is 0 Å². The zero-order chi connectivity index (χ0) is 14.9. The molecule has 108 valence electrons. The number of hydrogen-bond donors (Lipinski definition) is 3. The molecule has 0 radical (unpaired) electrons. The number of nitrogens with one attached hydrogen (secondary N) is 2. The number of thioether (sulfide) groups is 1. The second-order valence-corrected chi connectivity index (χ2v) is 7.10. The molecule has 6 heteroatoms. The molecule has 1 aromatic rings. The molecule has 1 fully saturated rings. The summed E-state index contributed by atoms with van der Waals surface area (Å²) in [6.07, 6.45) is 0.